The van der Waals surface area contributed by atoms with Gasteiger partial charge in [-0.05, 0) is 24.4 Å². The molecule has 0 spiro atoms. The Morgan fingerprint density at radius 1 is 1.33 bits per heavy atom. The molecule has 0 atom stereocenters. The van der Waals surface area contributed by atoms with Crippen LogP contribution >= 0.6 is 0 Å². The van der Waals surface area contributed by atoms with Crippen LogP contribution in [0.25, 0.3) is 10.9 Å². The minimum Gasteiger partial charge on any atom is -0.357 e. The van der Waals surface area contributed by atoms with Gasteiger partial charge in [-0.25, -0.2) is 13.1 Å². The van der Waals surface area contributed by atoms with E-state index in [4.69, 9.17) is 0 Å². The number of aromatic nitrogens is 3. The van der Waals surface area contributed by atoms with Crippen LogP contribution < -0.4 is 4.72 Å². The highest BCUT2D eigenvalue weighted by Crippen LogP contribution is 2.16. The van der Waals surface area contributed by atoms with E-state index in [0.29, 0.717) is 5.69 Å². The van der Waals surface area contributed by atoms with Crippen molar-refractivity contribution >= 4 is 20.9 Å². The lowest BCUT2D eigenvalue weighted by atomic mass is 10.2. The zero-order chi connectivity index (χ0) is 15.0. The van der Waals surface area contributed by atoms with Crippen molar-refractivity contribution in [3.8, 4) is 0 Å². The fourth-order valence-corrected chi connectivity index (χ4v) is 3.54. The van der Waals surface area contributed by atoms with Gasteiger partial charge >= 0.3 is 0 Å². The lowest BCUT2D eigenvalue weighted by Crippen LogP contribution is -2.23. The summed E-state index contributed by atoms with van der Waals surface area (Å²) in [6, 6.07) is 9.76. The highest BCUT2D eigenvalue weighted by atomic mass is 32.2. The average molecular weight is 304 g/mol. The molecule has 2 N–H and O–H groups in total. The minimum absolute atomic E-state index is 0.209. The van der Waals surface area contributed by atoms with E-state index in [0.717, 1.165) is 16.6 Å². The van der Waals surface area contributed by atoms with Crippen LogP contribution in [0.4, 0.5) is 0 Å². The second-order valence-corrected chi connectivity index (χ2v) is 6.69. The molecule has 0 aliphatic carbocycles. The number of rotatable bonds is 4. The number of benzene rings is 1. The molecular weight excluding hydrogens is 288 g/mol. The Labute approximate surface area is 122 Å². The van der Waals surface area contributed by atoms with Crippen LogP contribution in [0.3, 0.4) is 0 Å². The fourth-order valence-electron chi connectivity index (χ4n) is 2.32. The van der Waals surface area contributed by atoms with E-state index >= 15 is 0 Å². The molecule has 0 radical (unpaired) electrons. The Balaban J connectivity index is 1.82. The molecule has 0 aliphatic heterocycles. The zero-order valence-electron chi connectivity index (χ0n) is 11.8. The van der Waals surface area contributed by atoms with E-state index < -0.39 is 10.0 Å². The maximum Gasteiger partial charge on any atom is 0.244 e. The topological polar surface area (TPSA) is 79.8 Å². The molecule has 0 saturated carbocycles. The average Bonchev–Trinajstić information content (AvgIpc) is 2.99. The monoisotopic (exact) mass is 304 g/mol. The van der Waals surface area contributed by atoms with Crippen LogP contribution in [-0.2, 0) is 23.6 Å². The summed E-state index contributed by atoms with van der Waals surface area (Å²) in [5.74, 6) is 0. The number of nitrogens with zero attached hydrogens (tertiary/aromatic N) is 2. The third-order valence-electron chi connectivity index (χ3n) is 3.30. The van der Waals surface area contributed by atoms with Gasteiger partial charge in [-0.3, -0.25) is 4.68 Å². The summed E-state index contributed by atoms with van der Waals surface area (Å²) in [4.78, 5) is 3.40. The van der Waals surface area contributed by atoms with Gasteiger partial charge in [-0.15, -0.1) is 0 Å². The quantitative estimate of drug-likeness (QED) is 0.769. The second kappa shape index (κ2) is 5.01. The Morgan fingerprint density at radius 2 is 2.10 bits per heavy atom. The molecule has 3 aromatic rings. The molecule has 0 aliphatic rings. The fraction of sp³-hybridized carbons (Fsp3) is 0.214. The number of para-hydroxylation sites is 1. The summed E-state index contributed by atoms with van der Waals surface area (Å²) in [5, 5.41) is 5.12. The standard InChI is InChI=1S/C14H16N4O2S/c1-10-14(9-18(2)17-10)21(19,20)15-8-12-7-11-5-3-4-6-13(11)16-12/h3-7,9,15-16H,8H2,1-2H3. The molecule has 0 saturated heterocycles. The predicted octanol–water partition coefficient (Wildman–Crippen LogP) is 1.69. The van der Waals surface area contributed by atoms with E-state index in [1.54, 1.807) is 14.0 Å². The number of H-pyrrole nitrogens is 1. The first-order valence-electron chi connectivity index (χ1n) is 6.52. The molecule has 0 unspecified atom stereocenters. The molecule has 0 fully saturated rings. The Kier molecular flexibility index (Phi) is 3.30. The van der Waals surface area contributed by atoms with Crippen LogP contribution in [0.2, 0.25) is 0 Å². The number of sulfonamides is 1. The summed E-state index contributed by atoms with van der Waals surface area (Å²) < 4.78 is 28.6. The van der Waals surface area contributed by atoms with E-state index in [-0.39, 0.29) is 11.4 Å². The van der Waals surface area contributed by atoms with Crippen molar-refractivity contribution in [1.29, 1.82) is 0 Å². The van der Waals surface area contributed by atoms with Gasteiger partial charge in [-0.1, -0.05) is 18.2 Å². The van der Waals surface area contributed by atoms with E-state index in [1.807, 2.05) is 30.3 Å². The molecule has 3 rings (SSSR count). The third-order valence-corrected chi connectivity index (χ3v) is 4.80. The van der Waals surface area contributed by atoms with Crippen LogP contribution in [0.1, 0.15) is 11.4 Å². The first-order valence-corrected chi connectivity index (χ1v) is 8.00. The molecule has 110 valence electrons. The Hall–Kier alpha value is -2.12. The van der Waals surface area contributed by atoms with Crippen LogP contribution in [-0.4, -0.2) is 23.2 Å². The lowest BCUT2D eigenvalue weighted by Gasteiger charge is -2.04. The smallest absolute Gasteiger partial charge is 0.244 e. The van der Waals surface area contributed by atoms with Crippen molar-refractivity contribution in [1.82, 2.24) is 19.5 Å². The van der Waals surface area contributed by atoms with Gasteiger partial charge in [0, 0.05) is 24.5 Å². The van der Waals surface area contributed by atoms with Crippen molar-refractivity contribution < 1.29 is 8.42 Å². The largest absolute Gasteiger partial charge is 0.357 e. The van der Waals surface area contributed by atoms with Crippen molar-refractivity contribution in [2.75, 3.05) is 0 Å². The van der Waals surface area contributed by atoms with Crippen molar-refractivity contribution in [2.24, 2.45) is 7.05 Å². The number of hydrogen-bond acceptors (Lipinski definition) is 3. The first-order chi connectivity index (χ1) is 9.95. The molecule has 1 aromatic carbocycles. The molecule has 7 heteroatoms. The van der Waals surface area contributed by atoms with Crippen LogP contribution in [0.15, 0.2) is 41.4 Å². The number of fused-ring (bicyclic) bond motifs is 1. The SMILES string of the molecule is Cc1nn(C)cc1S(=O)(=O)NCc1cc2ccccc2[nH]1. The van der Waals surface area contributed by atoms with Crippen molar-refractivity contribution in [3.63, 3.8) is 0 Å². The van der Waals surface area contributed by atoms with Crippen molar-refractivity contribution in [2.45, 2.75) is 18.4 Å². The molecule has 0 bridgehead atoms. The molecule has 21 heavy (non-hydrogen) atoms. The summed E-state index contributed by atoms with van der Waals surface area (Å²) in [7, 11) is -1.86. The summed E-state index contributed by atoms with van der Waals surface area (Å²) in [5.41, 5.74) is 2.30. The highest BCUT2D eigenvalue weighted by Gasteiger charge is 2.19. The molecule has 6 nitrogen and oxygen atoms in total. The molecular formula is C14H16N4O2S. The van der Waals surface area contributed by atoms with Gasteiger partial charge < -0.3 is 4.98 Å². The summed E-state index contributed by atoms with van der Waals surface area (Å²) in [6.07, 6.45) is 1.50. The highest BCUT2D eigenvalue weighted by molar-refractivity contribution is 7.89. The Morgan fingerprint density at radius 3 is 2.76 bits per heavy atom. The van der Waals surface area contributed by atoms with Crippen molar-refractivity contribution in [3.05, 3.63) is 47.9 Å². The normalized spacial score (nSPS) is 12.1. The Bertz CT molecular complexity index is 860. The number of aromatic amines is 1. The lowest BCUT2D eigenvalue weighted by molar-refractivity contribution is 0.580. The number of nitrogens with one attached hydrogen (secondary N) is 2. The van der Waals surface area contributed by atoms with E-state index in [9.17, 15) is 8.42 Å². The predicted molar refractivity (Wildman–Crippen MR) is 80.3 cm³/mol. The number of hydrogen-bond donors (Lipinski definition) is 2. The van der Waals surface area contributed by atoms with Gasteiger partial charge in [0.25, 0.3) is 0 Å². The van der Waals surface area contributed by atoms with E-state index in [2.05, 4.69) is 14.8 Å². The maximum absolute atomic E-state index is 12.3. The molecule has 0 amide bonds. The summed E-state index contributed by atoms with van der Waals surface area (Å²) >= 11 is 0. The van der Waals surface area contributed by atoms with Crippen LogP contribution in [0, 0.1) is 6.92 Å². The molecule has 2 heterocycles. The van der Waals surface area contributed by atoms with Crippen LogP contribution in [0.5, 0.6) is 0 Å². The minimum atomic E-state index is -3.56. The van der Waals surface area contributed by atoms with Gasteiger partial charge in [-0.2, -0.15) is 5.10 Å². The first kappa shape index (κ1) is 13.8. The van der Waals surface area contributed by atoms with Gasteiger partial charge in [0.1, 0.15) is 4.90 Å². The van der Waals surface area contributed by atoms with Gasteiger partial charge in [0.05, 0.1) is 12.2 Å². The zero-order valence-corrected chi connectivity index (χ0v) is 12.6. The van der Waals surface area contributed by atoms with Gasteiger partial charge in [0.15, 0.2) is 0 Å². The third kappa shape index (κ3) is 2.70. The van der Waals surface area contributed by atoms with Gasteiger partial charge in [0.2, 0.25) is 10.0 Å². The number of aryl methyl sites for hydroxylation is 2. The maximum atomic E-state index is 12.3. The summed E-state index contributed by atoms with van der Waals surface area (Å²) in [6.45, 7) is 1.89. The molecule has 2 aromatic heterocycles. The second-order valence-electron chi connectivity index (χ2n) is 4.96. The van der Waals surface area contributed by atoms with E-state index in [1.165, 1.54) is 10.9 Å².